The van der Waals surface area contributed by atoms with E-state index in [2.05, 4.69) is 37.8 Å². The first-order valence-electron chi connectivity index (χ1n) is 11.3. The molecule has 168 valence electrons. The maximum absolute atomic E-state index is 12.5. The van der Waals surface area contributed by atoms with Crippen LogP contribution in [-0.2, 0) is 9.47 Å². The number of nitrogens with zero attached hydrogens (tertiary/aromatic N) is 2. The molecule has 1 aromatic carbocycles. The summed E-state index contributed by atoms with van der Waals surface area (Å²) in [4.78, 5) is 16.6. The van der Waals surface area contributed by atoms with E-state index in [0.717, 1.165) is 57.6 Å². The number of piperidine rings is 2. The quantitative estimate of drug-likeness (QED) is 0.674. The molecule has 1 amide bonds. The molecule has 0 aliphatic carbocycles. The van der Waals surface area contributed by atoms with Crippen molar-refractivity contribution >= 4 is 6.09 Å². The lowest BCUT2D eigenvalue weighted by molar-refractivity contribution is -0.157. The number of ether oxygens (including phenoxy) is 3. The highest BCUT2D eigenvalue weighted by Gasteiger charge is 2.31. The Hall–Kier alpha value is -1.79. The molecule has 1 atom stereocenters. The topological polar surface area (TPSA) is 51.2 Å². The van der Waals surface area contributed by atoms with Crippen LogP contribution in [0, 0.1) is 0 Å². The minimum absolute atomic E-state index is 0.203. The Kier molecular flexibility index (Phi) is 8.00. The van der Waals surface area contributed by atoms with Crippen LogP contribution in [0.25, 0.3) is 0 Å². The average molecular weight is 419 g/mol. The molecule has 0 spiro atoms. The van der Waals surface area contributed by atoms with E-state index in [1.165, 1.54) is 12.0 Å². The molecule has 3 rings (SSSR count). The normalized spacial score (nSPS) is 20.1. The van der Waals surface area contributed by atoms with E-state index in [1.807, 2.05) is 17.0 Å². The van der Waals surface area contributed by atoms with Gasteiger partial charge in [0.25, 0.3) is 0 Å². The van der Waals surface area contributed by atoms with Crippen LogP contribution in [0.4, 0.5) is 4.79 Å². The molecule has 2 fully saturated rings. The molecule has 2 saturated heterocycles. The summed E-state index contributed by atoms with van der Waals surface area (Å²) in [6.07, 6.45) is 5.04. The van der Waals surface area contributed by atoms with Gasteiger partial charge in [0.1, 0.15) is 18.6 Å². The van der Waals surface area contributed by atoms with E-state index >= 15 is 0 Å². The summed E-state index contributed by atoms with van der Waals surface area (Å²) in [5.41, 5.74) is 1.06. The summed E-state index contributed by atoms with van der Waals surface area (Å²) >= 11 is 0. The zero-order chi connectivity index (χ0) is 21.6. The molecule has 0 radical (unpaired) electrons. The van der Waals surface area contributed by atoms with Crippen LogP contribution in [0.5, 0.6) is 5.75 Å². The van der Waals surface area contributed by atoms with Gasteiger partial charge in [0.2, 0.25) is 0 Å². The number of methoxy groups -OCH3 is 1. The van der Waals surface area contributed by atoms with Crippen molar-refractivity contribution in [1.82, 2.24) is 9.80 Å². The highest BCUT2D eigenvalue weighted by molar-refractivity contribution is 5.67. The first kappa shape index (κ1) is 22.9. The second kappa shape index (κ2) is 10.5. The molecule has 0 saturated carbocycles. The zero-order valence-electron chi connectivity index (χ0n) is 19.1. The molecule has 0 bridgehead atoms. The van der Waals surface area contributed by atoms with Crippen LogP contribution >= 0.6 is 0 Å². The van der Waals surface area contributed by atoms with Crippen LogP contribution in [0.2, 0.25) is 0 Å². The van der Waals surface area contributed by atoms with E-state index in [-0.39, 0.29) is 24.5 Å². The van der Waals surface area contributed by atoms with E-state index in [0.29, 0.717) is 5.92 Å². The number of hydrogen-bond acceptors (Lipinski definition) is 5. The van der Waals surface area contributed by atoms with Gasteiger partial charge in [-0.3, -0.25) is 4.90 Å². The Balaban J connectivity index is 1.55. The number of carbonyl (C=O) groups is 1. The molecule has 0 N–H and O–H groups in total. The van der Waals surface area contributed by atoms with E-state index in [4.69, 9.17) is 14.2 Å². The maximum Gasteiger partial charge on any atom is 0.409 e. The van der Waals surface area contributed by atoms with Gasteiger partial charge in [0.15, 0.2) is 0 Å². The third-order valence-electron chi connectivity index (χ3n) is 5.98. The second-order valence-electron chi connectivity index (χ2n) is 9.39. The van der Waals surface area contributed by atoms with Crippen molar-refractivity contribution < 1.29 is 19.0 Å². The standard InChI is InChI=1S/C24H38N2O4/c1-24(2,3)30-22(18-29-23(27)26-14-6-5-7-15-26)25-16-12-20(13-17-25)19-8-10-21(28-4)11-9-19/h8-11,20,22H,5-7,12-18H2,1-4H3. The molecule has 2 aliphatic rings. The van der Waals surface area contributed by atoms with Gasteiger partial charge in [-0.2, -0.15) is 0 Å². The fourth-order valence-electron chi connectivity index (χ4n) is 4.33. The van der Waals surface area contributed by atoms with Crippen LogP contribution in [0.3, 0.4) is 0 Å². The number of likely N-dealkylation sites (tertiary alicyclic amines) is 2. The molecular formula is C24H38N2O4. The van der Waals surface area contributed by atoms with E-state index in [9.17, 15) is 4.79 Å². The molecule has 30 heavy (non-hydrogen) atoms. The van der Waals surface area contributed by atoms with Crippen molar-refractivity contribution in [2.45, 2.75) is 70.6 Å². The Bertz CT molecular complexity index is 657. The van der Waals surface area contributed by atoms with Gasteiger partial charge < -0.3 is 19.1 Å². The molecule has 6 heteroatoms. The fraction of sp³-hybridized carbons (Fsp3) is 0.708. The SMILES string of the molecule is COc1ccc(C2CCN(C(COC(=O)N3CCCCC3)OC(C)(C)C)CC2)cc1. The number of carbonyl (C=O) groups excluding carboxylic acids is 1. The smallest absolute Gasteiger partial charge is 0.409 e. The summed E-state index contributed by atoms with van der Waals surface area (Å²) < 4.78 is 17.3. The summed E-state index contributed by atoms with van der Waals surface area (Å²) in [6.45, 7) is 9.90. The van der Waals surface area contributed by atoms with Gasteiger partial charge in [-0.1, -0.05) is 12.1 Å². The van der Waals surface area contributed by atoms with Crippen LogP contribution < -0.4 is 4.74 Å². The van der Waals surface area contributed by atoms with E-state index in [1.54, 1.807) is 7.11 Å². The Labute approximate surface area is 181 Å². The highest BCUT2D eigenvalue weighted by atomic mass is 16.6. The third-order valence-corrected chi connectivity index (χ3v) is 5.98. The third kappa shape index (κ3) is 6.61. The molecule has 6 nitrogen and oxygen atoms in total. The Morgan fingerprint density at radius 1 is 1.03 bits per heavy atom. The minimum atomic E-state index is -0.297. The van der Waals surface area contributed by atoms with Crippen molar-refractivity contribution in [3.63, 3.8) is 0 Å². The minimum Gasteiger partial charge on any atom is -0.497 e. The van der Waals surface area contributed by atoms with Gasteiger partial charge in [-0.25, -0.2) is 4.79 Å². The van der Waals surface area contributed by atoms with Crippen LogP contribution in [0.1, 0.15) is 64.4 Å². The lowest BCUT2D eigenvalue weighted by Gasteiger charge is -2.40. The van der Waals surface area contributed by atoms with Crippen molar-refractivity contribution in [1.29, 1.82) is 0 Å². The predicted octanol–water partition coefficient (Wildman–Crippen LogP) is 4.64. The molecule has 0 aromatic heterocycles. The van der Waals surface area contributed by atoms with Gasteiger partial charge in [0, 0.05) is 26.2 Å². The molecule has 2 heterocycles. The van der Waals surface area contributed by atoms with Crippen LogP contribution in [0.15, 0.2) is 24.3 Å². The molecule has 1 unspecified atom stereocenters. The van der Waals surface area contributed by atoms with Gasteiger partial charge in [-0.05, 0) is 76.5 Å². The monoisotopic (exact) mass is 418 g/mol. The summed E-state index contributed by atoms with van der Waals surface area (Å²) in [6, 6.07) is 8.41. The highest BCUT2D eigenvalue weighted by Crippen LogP contribution is 2.31. The first-order chi connectivity index (χ1) is 14.4. The van der Waals surface area contributed by atoms with Crippen LogP contribution in [-0.4, -0.2) is 67.6 Å². The van der Waals surface area contributed by atoms with Crippen molar-refractivity contribution in [2.75, 3.05) is 39.9 Å². The largest absolute Gasteiger partial charge is 0.497 e. The summed E-state index contributed by atoms with van der Waals surface area (Å²) in [7, 11) is 1.70. The van der Waals surface area contributed by atoms with Gasteiger partial charge >= 0.3 is 6.09 Å². The lowest BCUT2D eigenvalue weighted by Crippen LogP contribution is -2.49. The maximum atomic E-state index is 12.5. The number of hydrogen-bond donors (Lipinski definition) is 0. The first-order valence-corrected chi connectivity index (χ1v) is 11.3. The van der Waals surface area contributed by atoms with Gasteiger partial charge in [0.05, 0.1) is 12.7 Å². The molecule has 1 aromatic rings. The second-order valence-corrected chi connectivity index (χ2v) is 9.39. The van der Waals surface area contributed by atoms with Crippen molar-refractivity contribution in [3.8, 4) is 5.75 Å². The zero-order valence-corrected chi connectivity index (χ0v) is 19.1. The fourth-order valence-corrected chi connectivity index (χ4v) is 4.33. The summed E-state index contributed by atoms with van der Waals surface area (Å²) in [5, 5.41) is 0. The molecule has 2 aliphatic heterocycles. The Morgan fingerprint density at radius 2 is 1.67 bits per heavy atom. The number of benzene rings is 1. The van der Waals surface area contributed by atoms with Gasteiger partial charge in [-0.15, -0.1) is 0 Å². The Morgan fingerprint density at radius 3 is 2.23 bits per heavy atom. The van der Waals surface area contributed by atoms with Crippen molar-refractivity contribution in [2.24, 2.45) is 0 Å². The number of rotatable bonds is 6. The average Bonchev–Trinajstić information content (AvgIpc) is 2.76. The van der Waals surface area contributed by atoms with Crippen molar-refractivity contribution in [3.05, 3.63) is 29.8 Å². The van der Waals surface area contributed by atoms with E-state index < -0.39 is 0 Å². The summed E-state index contributed by atoms with van der Waals surface area (Å²) in [5.74, 6) is 1.43. The predicted molar refractivity (Wildman–Crippen MR) is 118 cm³/mol. The number of amides is 1. The lowest BCUT2D eigenvalue weighted by atomic mass is 9.89. The molecular weight excluding hydrogens is 380 g/mol.